The van der Waals surface area contributed by atoms with Crippen molar-refractivity contribution in [1.29, 1.82) is 0 Å². The molecule has 0 spiro atoms. The van der Waals surface area contributed by atoms with Crippen molar-refractivity contribution < 1.29 is 4.21 Å². The van der Waals surface area contributed by atoms with Crippen LogP contribution in [-0.4, -0.2) is 9.19 Å². The number of nitrogens with zero attached hydrogens (tertiary/aromatic N) is 1. The Morgan fingerprint density at radius 2 is 1.70 bits per heavy atom. The first-order chi connectivity index (χ1) is 9.74. The van der Waals surface area contributed by atoms with E-state index in [1.165, 1.54) is 0 Å². The van der Waals surface area contributed by atoms with Gasteiger partial charge in [-0.05, 0) is 24.3 Å². The van der Waals surface area contributed by atoms with Crippen LogP contribution in [0.1, 0.15) is 5.69 Å². The number of hydrogen-bond donors (Lipinski definition) is 1. The Morgan fingerprint density at radius 3 is 2.55 bits per heavy atom. The van der Waals surface area contributed by atoms with E-state index >= 15 is 0 Å². The molecule has 100 valence electrons. The molecule has 0 fully saturated rings. The number of aromatic nitrogens is 1. The number of nitrogen functional groups attached to an aromatic ring is 1. The SMILES string of the molecule is Nc1ccccc1S(=O)Cc1ccc2ccccc2n1. The van der Waals surface area contributed by atoms with Crippen LogP contribution in [0.25, 0.3) is 10.9 Å². The van der Waals surface area contributed by atoms with Crippen molar-refractivity contribution in [1.82, 2.24) is 4.98 Å². The molecule has 0 radical (unpaired) electrons. The lowest BCUT2D eigenvalue weighted by atomic mass is 10.2. The standard InChI is InChI=1S/C16H14N2OS/c17-14-6-2-4-8-16(14)20(19)11-13-10-9-12-5-1-3-7-15(12)18-13/h1-10H,11,17H2. The molecular formula is C16H14N2OS. The Morgan fingerprint density at radius 1 is 0.950 bits per heavy atom. The number of fused-ring (bicyclic) bond motifs is 1. The van der Waals surface area contributed by atoms with Gasteiger partial charge in [-0.15, -0.1) is 0 Å². The fraction of sp³-hybridized carbons (Fsp3) is 0.0625. The molecule has 1 atom stereocenters. The first-order valence-corrected chi connectivity index (χ1v) is 7.63. The second kappa shape index (κ2) is 5.43. The molecule has 1 aromatic heterocycles. The molecule has 0 aliphatic rings. The first kappa shape index (κ1) is 12.8. The minimum Gasteiger partial charge on any atom is -0.398 e. The van der Waals surface area contributed by atoms with Crippen LogP contribution in [0.3, 0.4) is 0 Å². The molecule has 0 amide bonds. The molecule has 20 heavy (non-hydrogen) atoms. The van der Waals surface area contributed by atoms with Crippen molar-refractivity contribution in [3.63, 3.8) is 0 Å². The highest BCUT2D eigenvalue weighted by Crippen LogP contribution is 2.19. The van der Waals surface area contributed by atoms with Crippen LogP contribution in [-0.2, 0) is 16.6 Å². The minimum atomic E-state index is -1.18. The van der Waals surface area contributed by atoms with Gasteiger partial charge in [0.25, 0.3) is 0 Å². The summed E-state index contributed by atoms with van der Waals surface area (Å²) in [6, 6.07) is 19.1. The van der Waals surface area contributed by atoms with Crippen LogP contribution in [0.15, 0.2) is 65.6 Å². The maximum atomic E-state index is 12.4. The van der Waals surface area contributed by atoms with E-state index < -0.39 is 10.8 Å². The zero-order valence-corrected chi connectivity index (χ0v) is 11.6. The van der Waals surface area contributed by atoms with Crippen molar-refractivity contribution in [3.05, 3.63) is 66.4 Å². The fourth-order valence-corrected chi connectivity index (χ4v) is 3.23. The van der Waals surface area contributed by atoms with Gasteiger partial charge < -0.3 is 5.73 Å². The zero-order chi connectivity index (χ0) is 13.9. The van der Waals surface area contributed by atoms with E-state index in [4.69, 9.17) is 5.73 Å². The Kier molecular flexibility index (Phi) is 3.48. The zero-order valence-electron chi connectivity index (χ0n) is 10.8. The molecular weight excluding hydrogens is 268 g/mol. The van der Waals surface area contributed by atoms with Gasteiger partial charge in [0.15, 0.2) is 0 Å². The molecule has 0 aliphatic heterocycles. The summed E-state index contributed by atoms with van der Waals surface area (Å²) >= 11 is 0. The predicted molar refractivity (Wildman–Crippen MR) is 82.7 cm³/mol. The van der Waals surface area contributed by atoms with Gasteiger partial charge in [0, 0.05) is 11.1 Å². The Balaban J connectivity index is 1.89. The van der Waals surface area contributed by atoms with E-state index in [0.29, 0.717) is 16.3 Å². The molecule has 3 nitrogen and oxygen atoms in total. The van der Waals surface area contributed by atoms with E-state index in [1.54, 1.807) is 12.1 Å². The Hall–Kier alpha value is -2.20. The molecule has 1 heterocycles. The maximum Gasteiger partial charge on any atom is 0.0706 e. The molecule has 0 bridgehead atoms. The number of para-hydroxylation sites is 2. The Bertz CT molecular complexity index is 786. The highest BCUT2D eigenvalue weighted by molar-refractivity contribution is 7.84. The Labute approximate surface area is 119 Å². The minimum absolute atomic E-state index is 0.374. The van der Waals surface area contributed by atoms with Gasteiger partial charge in [0.2, 0.25) is 0 Å². The third-order valence-electron chi connectivity index (χ3n) is 3.10. The van der Waals surface area contributed by atoms with Gasteiger partial charge in [-0.25, -0.2) is 0 Å². The summed E-state index contributed by atoms with van der Waals surface area (Å²) in [7, 11) is -1.18. The largest absolute Gasteiger partial charge is 0.398 e. The average molecular weight is 282 g/mol. The van der Waals surface area contributed by atoms with Crippen molar-refractivity contribution in [2.75, 3.05) is 5.73 Å². The molecule has 0 aliphatic carbocycles. The van der Waals surface area contributed by atoms with Gasteiger partial charge in [0.05, 0.1) is 32.7 Å². The number of benzene rings is 2. The van der Waals surface area contributed by atoms with E-state index in [0.717, 1.165) is 16.6 Å². The quantitative estimate of drug-likeness (QED) is 0.751. The summed E-state index contributed by atoms with van der Waals surface area (Å²) in [4.78, 5) is 5.21. The second-order valence-corrected chi connectivity index (χ2v) is 5.94. The van der Waals surface area contributed by atoms with Crippen LogP contribution in [0.5, 0.6) is 0 Å². The summed E-state index contributed by atoms with van der Waals surface area (Å²) in [6.07, 6.45) is 0. The lowest BCUT2D eigenvalue weighted by Gasteiger charge is -2.06. The van der Waals surface area contributed by atoms with Gasteiger partial charge in [-0.3, -0.25) is 9.19 Å². The number of rotatable bonds is 3. The molecule has 2 N–H and O–H groups in total. The average Bonchev–Trinajstić information content (AvgIpc) is 2.47. The van der Waals surface area contributed by atoms with Crippen LogP contribution in [0, 0.1) is 0 Å². The molecule has 2 aromatic carbocycles. The van der Waals surface area contributed by atoms with E-state index in [2.05, 4.69) is 4.98 Å². The third-order valence-corrected chi connectivity index (χ3v) is 4.52. The summed E-state index contributed by atoms with van der Waals surface area (Å²) in [5, 5.41) is 1.08. The van der Waals surface area contributed by atoms with Gasteiger partial charge >= 0.3 is 0 Å². The number of nitrogens with two attached hydrogens (primary N) is 1. The summed E-state index contributed by atoms with van der Waals surface area (Å²) in [6.45, 7) is 0. The topological polar surface area (TPSA) is 56.0 Å². The summed E-state index contributed by atoms with van der Waals surface area (Å²) in [5.74, 6) is 0.374. The molecule has 0 saturated carbocycles. The van der Waals surface area contributed by atoms with Crippen LogP contribution in [0.2, 0.25) is 0 Å². The molecule has 0 saturated heterocycles. The van der Waals surface area contributed by atoms with E-state index in [-0.39, 0.29) is 0 Å². The highest BCUT2D eigenvalue weighted by atomic mass is 32.2. The van der Waals surface area contributed by atoms with Crippen molar-refractivity contribution in [2.24, 2.45) is 0 Å². The van der Waals surface area contributed by atoms with Crippen LogP contribution in [0.4, 0.5) is 5.69 Å². The van der Waals surface area contributed by atoms with Crippen molar-refractivity contribution in [3.8, 4) is 0 Å². The van der Waals surface area contributed by atoms with Crippen LogP contribution < -0.4 is 5.73 Å². The maximum absolute atomic E-state index is 12.4. The van der Waals surface area contributed by atoms with E-state index in [9.17, 15) is 4.21 Å². The van der Waals surface area contributed by atoms with Crippen LogP contribution >= 0.6 is 0 Å². The monoisotopic (exact) mass is 282 g/mol. The molecule has 3 rings (SSSR count). The van der Waals surface area contributed by atoms with Crippen molar-refractivity contribution in [2.45, 2.75) is 10.6 Å². The third kappa shape index (κ3) is 2.56. The molecule has 3 aromatic rings. The second-order valence-electron chi connectivity index (χ2n) is 4.52. The lowest BCUT2D eigenvalue weighted by Crippen LogP contribution is -2.02. The smallest absolute Gasteiger partial charge is 0.0706 e. The number of anilines is 1. The fourth-order valence-electron chi connectivity index (χ4n) is 2.09. The molecule has 4 heteroatoms. The lowest BCUT2D eigenvalue weighted by molar-refractivity contribution is 0.682. The van der Waals surface area contributed by atoms with Crippen molar-refractivity contribution >= 4 is 27.4 Å². The van der Waals surface area contributed by atoms with Gasteiger partial charge in [-0.2, -0.15) is 0 Å². The van der Waals surface area contributed by atoms with Gasteiger partial charge in [-0.1, -0.05) is 36.4 Å². The number of pyridine rings is 1. The predicted octanol–water partition coefficient (Wildman–Crippen LogP) is 3.12. The first-order valence-electron chi connectivity index (χ1n) is 6.31. The van der Waals surface area contributed by atoms with Gasteiger partial charge in [0.1, 0.15) is 0 Å². The number of hydrogen-bond acceptors (Lipinski definition) is 3. The highest BCUT2D eigenvalue weighted by Gasteiger charge is 2.09. The normalized spacial score (nSPS) is 12.4. The van der Waals surface area contributed by atoms with E-state index in [1.807, 2.05) is 48.5 Å². The summed E-state index contributed by atoms with van der Waals surface area (Å²) in [5.41, 5.74) is 8.14. The summed E-state index contributed by atoms with van der Waals surface area (Å²) < 4.78 is 12.4. The molecule has 1 unspecified atom stereocenters.